The zero-order valence-electron chi connectivity index (χ0n) is 20.1. The number of nitro benzene ring substituents is 1. The maximum atomic E-state index is 13.1. The Morgan fingerprint density at radius 3 is 2.46 bits per heavy atom. The first-order valence-corrected chi connectivity index (χ1v) is 12.2. The summed E-state index contributed by atoms with van der Waals surface area (Å²) in [4.78, 5) is 58.5. The predicted octanol–water partition coefficient (Wildman–Crippen LogP) is 5.71. The first-order chi connectivity index (χ1) is 17.7. The number of halogens is 1. The number of anilines is 1. The molecule has 0 atom stereocenters. The molecule has 12 heteroatoms. The van der Waals surface area contributed by atoms with Crippen LogP contribution in [0.5, 0.6) is 11.8 Å². The molecule has 3 aromatic rings. The Balaban J connectivity index is 1.88. The lowest BCUT2D eigenvalue weighted by Crippen LogP contribution is -2.46. The molecule has 0 aliphatic rings. The Morgan fingerprint density at radius 2 is 1.81 bits per heavy atom. The summed E-state index contributed by atoms with van der Waals surface area (Å²) in [6.45, 7) is 3.70. The quantitative estimate of drug-likeness (QED) is 0.196. The molecule has 4 amide bonds. The zero-order chi connectivity index (χ0) is 26.9. The van der Waals surface area contributed by atoms with Gasteiger partial charge in [-0.25, -0.2) is 19.7 Å². The normalized spacial score (nSPS) is 10.5. The van der Waals surface area contributed by atoms with Gasteiger partial charge in [-0.2, -0.15) is 0 Å². The van der Waals surface area contributed by atoms with E-state index >= 15 is 0 Å². The second-order valence-corrected chi connectivity index (χ2v) is 8.87. The third kappa shape index (κ3) is 7.17. The van der Waals surface area contributed by atoms with Crippen molar-refractivity contribution < 1.29 is 24.0 Å². The van der Waals surface area contributed by atoms with Crippen LogP contribution in [0.25, 0.3) is 0 Å². The molecule has 0 saturated heterocycles. The lowest BCUT2D eigenvalue weighted by Gasteiger charge is -2.22. The highest BCUT2D eigenvalue weighted by Crippen LogP contribution is 2.28. The Kier molecular flexibility index (Phi) is 9.39. The summed E-state index contributed by atoms with van der Waals surface area (Å²) >= 11 is 3.25. The van der Waals surface area contributed by atoms with Crippen LogP contribution in [-0.4, -0.2) is 32.7 Å². The minimum absolute atomic E-state index is 0.0744. The first-order valence-electron chi connectivity index (χ1n) is 11.4. The van der Waals surface area contributed by atoms with Crippen molar-refractivity contribution in [1.82, 2.24) is 15.3 Å². The monoisotopic (exact) mass is 569 g/mol. The Bertz CT molecular complexity index is 1320. The number of nitro groups is 1. The van der Waals surface area contributed by atoms with E-state index in [1.54, 1.807) is 19.1 Å². The van der Waals surface area contributed by atoms with Crippen molar-refractivity contribution >= 4 is 45.2 Å². The van der Waals surface area contributed by atoms with Gasteiger partial charge in [0.1, 0.15) is 11.3 Å². The van der Waals surface area contributed by atoms with Crippen LogP contribution >= 0.6 is 15.9 Å². The van der Waals surface area contributed by atoms with E-state index in [1.807, 2.05) is 6.92 Å². The third-order valence-electron chi connectivity index (χ3n) is 5.23. The summed E-state index contributed by atoms with van der Waals surface area (Å²) < 4.78 is 6.38. The number of urea groups is 1. The van der Waals surface area contributed by atoms with Crippen LogP contribution < -0.4 is 15.0 Å². The smallest absolute Gasteiger partial charge is 0.335 e. The molecule has 0 radical (unpaired) electrons. The molecule has 37 heavy (non-hydrogen) atoms. The highest BCUT2D eigenvalue weighted by atomic mass is 79.9. The largest absolute Gasteiger partial charge is 0.424 e. The average Bonchev–Trinajstić information content (AvgIpc) is 2.87. The second kappa shape index (κ2) is 12.7. The summed E-state index contributed by atoms with van der Waals surface area (Å²) in [7, 11) is 0. The molecule has 1 aromatic heterocycles. The van der Waals surface area contributed by atoms with E-state index in [0.717, 1.165) is 23.8 Å². The lowest BCUT2D eigenvalue weighted by molar-refractivity contribution is -0.385. The summed E-state index contributed by atoms with van der Waals surface area (Å²) in [5.41, 5.74) is 0.0268. The number of carbonyl (C=O) groups excluding carboxylic acids is 3. The molecule has 192 valence electrons. The number of nitrogens with one attached hydrogen (secondary N) is 1. The van der Waals surface area contributed by atoms with Crippen LogP contribution in [0.15, 0.2) is 59.3 Å². The fraction of sp³-hybridized carbons (Fsp3) is 0.240. The Labute approximate surface area is 221 Å². The number of nitrogens with zero attached hydrogens (tertiary/aromatic N) is 4. The Hall–Kier alpha value is -4.19. The minimum Gasteiger partial charge on any atom is -0.424 e. The van der Waals surface area contributed by atoms with Crippen LogP contribution in [-0.2, 0) is 4.79 Å². The van der Waals surface area contributed by atoms with Crippen LogP contribution in [0.3, 0.4) is 0 Å². The molecule has 0 saturated carbocycles. The van der Waals surface area contributed by atoms with Gasteiger partial charge in [-0.3, -0.25) is 25.0 Å². The van der Waals surface area contributed by atoms with Gasteiger partial charge in [0.05, 0.1) is 15.1 Å². The molecule has 1 N–H and O–H groups in total. The molecule has 11 nitrogen and oxygen atoms in total. The molecule has 2 aromatic carbocycles. The Morgan fingerprint density at radius 1 is 1.11 bits per heavy atom. The van der Waals surface area contributed by atoms with Crippen molar-refractivity contribution in [2.45, 2.75) is 39.5 Å². The molecule has 0 aliphatic heterocycles. The standard InChI is InChI=1S/C25H24BrN5O6/c1-3-4-5-10-22(32)30(25(34)29-23(33)19-8-6-7-9-20(19)31(35)36)18-11-12-21(16(2)13-18)37-24-27-14-17(26)15-28-24/h6-9,11-15H,3-5,10H2,1-2H3,(H,29,33,34). The molecule has 3 rings (SSSR count). The number of amides is 4. The number of aryl methyl sites for hydroxylation is 1. The molecule has 0 bridgehead atoms. The zero-order valence-corrected chi connectivity index (χ0v) is 21.7. The number of benzene rings is 2. The first kappa shape index (κ1) is 27.4. The van der Waals surface area contributed by atoms with Gasteiger partial charge in [-0.15, -0.1) is 0 Å². The maximum absolute atomic E-state index is 13.1. The van der Waals surface area contributed by atoms with E-state index in [-0.39, 0.29) is 23.7 Å². The van der Waals surface area contributed by atoms with E-state index in [2.05, 4.69) is 31.2 Å². The third-order valence-corrected chi connectivity index (χ3v) is 5.64. The van der Waals surface area contributed by atoms with E-state index in [4.69, 9.17) is 4.74 Å². The fourth-order valence-electron chi connectivity index (χ4n) is 3.40. The molecular weight excluding hydrogens is 546 g/mol. The number of rotatable bonds is 9. The van der Waals surface area contributed by atoms with E-state index < -0.39 is 28.5 Å². The van der Waals surface area contributed by atoms with Crippen molar-refractivity contribution in [1.29, 1.82) is 0 Å². The topological polar surface area (TPSA) is 145 Å². The molecule has 0 fully saturated rings. The lowest BCUT2D eigenvalue weighted by atomic mass is 10.1. The van der Waals surface area contributed by atoms with Gasteiger partial charge in [-0.05, 0) is 59.1 Å². The summed E-state index contributed by atoms with van der Waals surface area (Å²) in [5, 5.41) is 13.4. The number of hydrogen-bond acceptors (Lipinski definition) is 8. The molecule has 1 heterocycles. The van der Waals surface area contributed by atoms with Crippen molar-refractivity contribution in [3.8, 4) is 11.8 Å². The van der Waals surface area contributed by atoms with Gasteiger partial charge in [-0.1, -0.05) is 31.9 Å². The minimum atomic E-state index is -1.02. The molecule has 0 unspecified atom stereocenters. The number of carbonyl (C=O) groups is 3. The van der Waals surface area contributed by atoms with Crippen molar-refractivity contribution in [3.05, 3.63) is 80.6 Å². The van der Waals surface area contributed by atoms with Gasteiger partial charge in [0.2, 0.25) is 5.91 Å². The van der Waals surface area contributed by atoms with Crippen LogP contribution in [0.2, 0.25) is 0 Å². The highest BCUT2D eigenvalue weighted by molar-refractivity contribution is 9.10. The number of ether oxygens (including phenoxy) is 1. The van der Waals surface area contributed by atoms with Crippen molar-refractivity contribution in [3.63, 3.8) is 0 Å². The van der Waals surface area contributed by atoms with Crippen molar-refractivity contribution in [2.75, 3.05) is 4.90 Å². The van der Waals surface area contributed by atoms with Gasteiger partial charge in [0.25, 0.3) is 11.6 Å². The van der Waals surface area contributed by atoms with Crippen LogP contribution in [0.4, 0.5) is 16.2 Å². The van der Waals surface area contributed by atoms with Gasteiger partial charge >= 0.3 is 12.0 Å². The van der Waals surface area contributed by atoms with Gasteiger partial charge in [0.15, 0.2) is 0 Å². The van der Waals surface area contributed by atoms with E-state index in [9.17, 15) is 24.5 Å². The number of para-hydroxylation sites is 1. The fourth-order valence-corrected chi connectivity index (χ4v) is 3.60. The number of hydrogen-bond donors (Lipinski definition) is 1. The van der Waals surface area contributed by atoms with Crippen LogP contribution in [0.1, 0.15) is 48.5 Å². The molecule has 0 spiro atoms. The van der Waals surface area contributed by atoms with E-state index in [0.29, 0.717) is 22.2 Å². The van der Waals surface area contributed by atoms with Crippen molar-refractivity contribution in [2.24, 2.45) is 0 Å². The summed E-state index contributed by atoms with van der Waals surface area (Å²) in [5.74, 6) is -1.11. The number of unbranched alkanes of at least 4 members (excludes halogenated alkanes) is 2. The summed E-state index contributed by atoms with van der Waals surface area (Å²) in [6.07, 6.45) is 5.35. The van der Waals surface area contributed by atoms with Gasteiger partial charge in [0, 0.05) is 24.9 Å². The predicted molar refractivity (Wildman–Crippen MR) is 139 cm³/mol. The highest BCUT2D eigenvalue weighted by Gasteiger charge is 2.28. The van der Waals surface area contributed by atoms with Gasteiger partial charge < -0.3 is 4.74 Å². The second-order valence-electron chi connectivity index (χ2n) is 7.96. The SMILES string of the molecule is CCCCCC(=O)N(C(=O)NC(=O)c1ccccc1[N+](=O)[O-])c1ccc(Oc2ncc(Br)cn2)c(C)c1. The maximum Gasteiger partial charge on any atom is 0.335 e. The number of aromatic nitrogens is 2. The molecular formula is C25H24BrN5O6. The van der Waals surface area contributed by atoms with Crippen LogP contribution in [0, 0.1) is 17.0 Å². The number of imide groups is 2. The average molecular weight is 570 g/mol. The summed E-state index contributed by atoms with van der Waals surface area (Å²) in [6, 6.07) is 8.93. The molecule has 0 aliphatic carbocycles. The van der Waals surface area contributed by atoms with E-state index in [1.165, 1.54) is 36.7 Å².